The summed E-state index contributed by atoms with van der Waals surface area (Å²) in [5.41, 5.74) is 0. The van der Waals surface area contributed by atoms with Gasteiger partial charge in [0.1, 0.15) is 17.7 Å². The quantitative estimate of drug-likeness (QED) is 0.827. The van der Waals surface area contributed by atoms with Crippen molar-refractivity contribution in [3.8, 4) is 5.88 Å². The van der Waals surface area contributed by atoms with Gasteiger partial charge in [0.15, 0.2) is 0 Å². The molecule has 1 heterocycles. The van der Waals surface area contributed by atoms with Gasteiger partial charge in [-0.2, -0.15) is 4.98 Å². The molecule has 1 aromatic heterocycles. The van der Waals surface area contributed by atoms with Gasteiger partial charge < -0.3 is 14.7 Å². The van der Waals surface area contributed by atoms with E-state index in [9.17, 15) is 4.79 Å². The van der Waals surface area contributed by atoms with Crippen LogP contribution in [0.4, 0.5) is 5.82 Å². The number of hydrogen-bond donors (Lipinski definition) is 1. The highest BCUT2D eigenvalue weighted by Gasteiger charge is 2.22. The highest BCUT2D eigenvalue weighted by Crippen LogP contribution is 2.19. The van der Waals surface area contributed by atoms with Gasteiger partial charge >= 0.3 is 5.97 Å². The molecule has 0 aromatic carbocycles. The van der Waals surface area contributed by atoms with Gasteiger partial charge in [0.25, 0.3) is 0 Å². The number of anilines is 1. The summed E-state index contributed by atoms with van der Waals surface area (Å²) < 4.78 is 5.33. The van der Waals surface area contributed by atoms with E-state index in [1.54, 1.807) is 24.9 Å². The standard InChI is InChI=1S/C12H19N3O3/c1-5-9(12(16)17)15(4)10-7-11(18-6-2)14-8(3)13-10/h7,9H,5-6H2,1-4H3,(H,16,17). The molecule has 0 spiro atoms. The van der Waals surface area contributed by atoms with E-state index in [1.807, 2.05) is 13.8 Å². The summed E-state index contributed by atoms with van der Waals surface area (Å²) in [7, 11) is 1.71. The number of aromatic nitrogens is 2. The van der Waals surface area contributed by atoms with Crippen LogP contribution >= 0.6 is 0 Å². The van der Waals surface area contributed by atoms with Crippen molar-refractivity contribution in [2.75, 3.05) is 18.6 Å². The molecule has 0 bridgehead atoms. The van der Waals surface area contributed by atoms with Crippen molar-refractivity contribution in [1.29, 1.82) is 0 Å². The third-order valence-electron chi connectivity index (χ3n) is 2.59. The van der Waals surface area contributed by atoms with E-state index < -0.39 is 12.0 Å². The SMILES string of the molecule is CCOc1cc(N(C)C(CC)C(=O)O)nc(C)n1. The molecule has 1 N–H and O–H groups in total. The van der Waals surface area contributed by atoms with Gasteiger partial charge in [0, 0.05) is 13.1 Å². The number of carboxylic acid groups (broad SMARTS) is 1. The largest absolute Gasteiger partial charge is 0.480 e. The van der Waals surface area contributed by atoms with Crippen molar-refractivity contribution in [3.05, 3.63) is 11.9 Å². The first-order chi connectivity index (χ1) is 8.49. The molecule has 1 aromatic rings. The van der Waals surface area contributed by atoms with Crippen LogP contribution in [0, 0.1) is 6.92 Å². The topological polar surface area (TPSA) is 75.5 Å². The molecular weight excluding hydrogens is 234 g/mol. The van der Waals surface area contributed by atoms with Crippen LogP contribution in [0.3, 0.4) is 0 Å². The molecule has 0 amide bonds. The zero-order valence-corrected chi connectivity index (χ0v) is 11.2. The van der Waals surface area contributed by atoms with E-state index in [1.165, 1.54) is 0 Å². The number of aliphatic carboxylic acids is 1. The smallest absolute Gasteiger partial charge is 0.326 e. The van der Waals surface area contributed by atoms with Gasteiger partial charge in [0.2, 0.25) is 5.88 Å². The van der Waals surface area contributed by atoms with Crippen molar-refractivity contribution in [2.24, 2.45) is 0 Å². The molecule has 18 heavy (non-hydrogen) atoms. The van der Waals surface area contributed by atoms with Crippen LogP contribution in [0.5, 0.6) is 5.88 Å². The molecule has 1 unspecified atom stereocenters. The minimum absolute atomic E-state index is 0.465. The van der Waals surface area contributed by atoms with Gasteiger partial charge in [-0.1, -0.05) is 6.92 Å². The monoisotopic (exact) mass is 253 g/mol. The first-order valence-electron chi connectivity index (χ1n) is 5.93. The Bertz CT molecular complexity index is 423. The molecule has 0 fully saturated rings. The highest BCUT2D eigenvalue weighted by atomic mass is 16.5. The van der Waals surface area contributed by atoms with Crippen molar-refractivity contribution in [1.82, 2.24) is 9.97 Å². The second kappa shape index (κ2) is 6.18. The second-order valence-corrected chi connectivity index (χ2v) is 3.92. The third kappa shape index (κ3) is 3.32. The summed E-state index contributed by atoms with van der Waals surface area (Å²) in [5.74, 6) is 0.713. The summed E-state index contributed by atoms with van der Waals surface area (Å²) in [4.78, 5) is 21.1. The van der Waals surface area contributed by atoms with Crippen molar-refractivity contribution >= 4 is 11.8 Å². The second-order valence-electron chi connectivity index (χ2n) is 3.92. The van der Waals surface area contributed by atoms with Crippen LogP contribution in [0.1, 0.15) is 26.1 Å². The average molecular weight is 253 g/mol. The number of likely N-dealkylation sites (N-methyl/N-ethyl adjacent to an activating group) is 1. The van der Waals surface area contributed by atoms with Gasteiger partial charge in [-0.3, -0.25) is 0 Å². The molecule has 100 valence electrons. The number of ether oxygens (including phenoxy) is 1. The summed E-state index contributed by atoms with van der Waals surface area (Å²) in [6, 6.07) is 1.05. The average Bonchev–Trinajstić information content (AvgIpc) is 2.28. The molecular formula is C12H19N3O3. The summed E-state index contributed by atoms with van der Waals surface area (Å²) >= 11 is 0. The fraction of sp³-hybridized carbons (Fsp3) is 0.583. The Morgan fingerprint density at radius 2 is 2.17 bits per heavy atom. The normalized spacial score (nSPS) is 12.0. The molecule has 6 heteroatoms. The number of nitrogens with zero attached hydrogens (tertiary/aromatic N) is 3. The minimum Gasteiger partial charge on any atom is -0.480 e. The van der Waals surface area contributed by atoms with E-state index in [0.717, 1.165) is 0 Å². The van der Waals surface area contributed by atoms with E-state index in [-0.39, 0.29) is 0 Å². The minimum atomic E-state index is -0.866. The molecule has 0 aliphatic carbocycles. The molecule has 0 saturated carbocycles. The van der Waals surface area contributed by atoms with Gasteiger partial charge in [-0.05, 0) is 20.3 Å². The Kier molecular flexibility index (Phi) is 4.88. The predicted molar refractivity (Wildman–Crippen MR) is 68.1 cm³/mol. The van der Waals surface area contributed by atoms with Crippen LogP contribution in [0.2, 0.25) is 0 Å². The Hall–Kier alpha value is -1.85. The van der Waals surface area contributed by atoms with Gasteiger partial charge in [-0.25, -0.2) is 9.78 Å². The van der Waals surface area contributed by atoms with Gasteiger partial charge in [-0.15, -0.1) is 0 Å². The van der Waals surface area contributed by atoms with E-state index in [4.69, 9.17) is 9.84 Å². The molecule has 0 aliphatic heterocycles. The number of hydrogen-bond acceptors (Lipinski definition) is 5. The van der Waals surface area contributed by atoms with Crippen LogP contribution in [-0.4, -0.2) is 40.7 Å². The van der Waals surface area contributed by atoms with Crippen LogP contribution in [0.25, 0.3) is 0 Å². The predicted octanol–water partition coefficient (Wildman–Crippen LogP) is 1.48. The maximum absolute atomic E-state index is 11.1. The van der Waals surface area contributed by atoms with Crippen molar-refractivity contribution in [3.63, 3.8) is 0 Å². The maximum atomic E-state index is 11.1. The number of rotatable bonds is 6. The van der Waals surface area contributed by atoms with E-state index in [2.05, 4.69) is 9.97 Å². The Morgan fingerprint density at radius 3 is 2.67 bits per heavy atom. The first kappa shape index (κ1) is 14.2. The molecule has 1 atom stereocenters. The lowest BCUT2D eigenvalue weighted by Crippen LogP contribution is -2.38. The maximum Gasteiger partial charge on any atom is 0.326 e. The molecule has 0 aliphatic rings. The van der Waals surface area contributed by atoms with Crippen molar-refractivity contribution < 1.29 is 14.6 Å². The fourth-order valence-electron chi connectivity index (χ4n) is 1.70. The highest BCUT2D eigenvalue weighted by molar-refractivity contribution is 5.77. The van der Waals surface area contributed by atoms with Crippen molar-refractivity contribution in [2.45, 2.75) is 33.2 Å². The first-order valence-corrected chi connectivity index (χ1v) is 5.93. The number of aryl methyl sites for hydroxylation is 1. The summed E-state index contributed by atoms with van der Waals surface area (Å²) in [6.45, 7) is 5.96. The Morgan fingerprint density at radius 1 is 1.50 bits per heavy atom. The summed E-state index contributed by atoms with van der Waals surface area (Å²) in [6.07, 6.45) is 0.499. The summed E-state index contributed by atoms with van der Waals surface area (Å²) in [5, 5.41) is 9.13. The Labute approximate surface area is 107 Å². The fourth-order valence-corrected chi connectivity index (χ4v) is 1.70. The Balaban J connectivity index is 3.03. The molecule has 1 rings (SSSR count). The van der Waals surface area contributed by atoms with Crippen LogP contribution in [0.15, 0.2) is 6.07 Å². The van der Waals surface area contributed by atoms with E-state index in [0.29, 0.717) is 30.5 Å². The number of carboxylic acids is 1. The lowest BCUT2D eigenvalue weighted by Gasteiger charge is -2.25. The molecule has 0 radical (unpaired) electrons. The van der Waals surface area contributed by atoms with Gasteiger partial charge in [0.05, 0.1) is 6.61 Å². The molecule has 0 saturated heterocycles. The van der Waals surface area contributed by atoms with E-state index >= 15 is 0 Å². The lowest BCUT2D eigenvalue weighted by molar-refractivity contribution is -0.138. The zero-order chi connectivity index (χ0) is 13.7. The molecule has 6 nitrogen and oxygen atoms in total. The van der Waals surface area contributed by atoms with Crippen LogP contribution in [-0.2, 0) is 4.79 Å². The lowest BCUT2D eigenvalue weighted by atomic mass is 10.2. The number of carbonyl (C=O) groups is 1. The third-order valence-corrected chi connectivity index (χ3v) is 2.59. The van der Waals surface area contributed by atoms with Crippen LogP contribution < -0.4 is 9.64 Å². The zero-order valence-electron chi connectivity index (χ0n) is 11.2.